The van der Waals surface area contributed by atoms with Crippen LogP contribution in [0.15, 0.2) is 24.3 Å². The molecule has 0 saturated carbocycles. The van der Waals surface area contributed by atoms with Crippen molar-refractivity contribution in [3.8, 4) is 0 Å². The summed E-state index contributed by atoms with van der Waals surface area (Å²) < 4.78 is 30.8. The second-order valence-corrected chi connectivity index (χ2v) is 11.3. The summed E-state index contributed by atoms with van der Waals surface area (Å²) in [4.78, 5) is 27.9. The van der Waals surface area contributed by atoms with Gasteiger partial charge in [-0.3, -0.25) is 4.79 Å². The van der Waals surface area contributed by atoms with Crippen molar-refractivity contribution < 1.29 is 22.7 Å². The highest BCUT2D eigenvalue weighted by molar-refractivity contribution is 7.90. The normalized spacial score (nSPS) is 14.9. The van der Waals surface area contributed by atoms with E-state index in [4.69, 9.17) is 4.74 Å². The maximum absolute atomic E-state index is 12.2. The Kier molecular flexibility index (Phi) is 9.33. The average Bonchev–Trinajstić information content (AvgIpc) is 2.73. The molecule has 180 valence electrons. The molecule has 1 fully saturated rings. The lowest BCUT2D eigenvalue weighted by molar-refractivity contribution is -0.116. The molecule has 1 aromatic carbocycles. The molecule has 0 radical (unpaired) electrons. The van der Waals surface area contributed by atoms with Crippen LogP contribution >= 0.6 is 0 Å². The molecule has 0 bridgehead atoms. The van der Waals surface area contributed by atoms with Crippen LogP contribution in [-0.4, -0.2) is 69.4 Å². The number of ether oxygens (including phenoxy) is 1. The van der Waals surface area contributed by atoms with Crippen molar-refractivity contribution >= 4 is 33.4 Å². The van der Waals surface area contributed by atoms with Gasteiger partial charge in [-0.2, -0.15) is 0 Å². The first-order chi connectivity index (χ1) is 15.0. The maximum Gasteiger partial charge on any atom is 0.409 e. The number of carbonyl (C=O) groups is 2. The molecule has 2 amide bonds. The third kappa shape index (κ3) is 7.67. The third-order valence-corrected chi connectivity index (χ3v) is 7.45. The fourth-order valence-electron chi connectivity index (χ4n) is 3.17. The molecule has 0 atom stereocenters. The van der Waals surface area contributed by atoms with Gasteiger partial charge in [0.2, 0.25) is 15.9 Å². The predicted molar refractivity (Wildman–Crippen MR) is 126 cm³/mol. The first kappa shape index (κ1) is 25.9. The Hall–Kier alpha value is -2.33. The number of sulfonamides is 1. The number of anilines is 2. The van der Waals surface area contributed by atoms with Gasteiger partial charge in [0.05, 0.1) is 11.4 Å². The van der Waals surface area contributed by atoms with Crippen LogP contribution < -0.4 is 14.9 Å². The van der Waals surface area contributed by atoms with Crippen molar-refractivity contribution in [2.75, 3.05) is 49.5 Å². The second-order valence-electron chi connectivity index (χ2n) is 8.74. The highest BCUT2D eigenvalue weighted by Gasteiger charge is 2.28. The molecule has 1 aromatic rings. The molecule has 9 nitrogen and oxygen atoms in total. The minimum absolute atomic E-state index is 0.0977. The Bertz CT molecular complexity index is 857. The Morgan fingerprint density at radius 3 is 2.22 bits per heavy atom. The molecule has 0 aromatic heterocycles. The third-order valence-electron chi connectivity index (χ3n) is 5.25. The molecule has 1 aliphatic heterocycles. The van der Waals surface area contributed by atoms with Crippen LogP contribution in [0.1, 0.15) is 47.0 Å². The summed E-state index contributed by atoms with van der Waals surface area (Å²) in [6, 6.07) is 7.64. The van der Waals surface area contributed by atoms with Crippen LogP contribution in [0, 0.1) is 0 Å². The van der Waals surface area contributed by atoms with E-state index < -0.39 is 14.8 Å². The quantitative estimate of drug-likeness (QED) is 0.540. The van der Waals surface area contributed by atoms with Crippen molar-refractivity contribution in [1.29, 1.82) is 0 Å². The molecule has 0 aliphatic carbocycles. The summed E-state index contributed by atoms with van der Waals surface area (Å²) >= 11 is 0. The Balaban J connectivity index is 1.70. The predicted octanol–water partition coefficient (Wildman–Crippen LogP) is 2.79. The molecule has 32 heavy (non-hydrogen) atoms. The molecule has 2 rings (SSSR count). The molecule has 0 unspecified atom stereocenters. The molecular formula is C22H36N4O5S. The number of nitrogens with one attached hydrogen (secondary N) is 2. The number of hydrogen-bond acceptors (Lipinski definition) is 6. The van der Waals surface area contributed by atoms with Gasteiger partial charge in [0.25, 0.3) is 0 Å². The van der Waals surface area contributed by atoms with E-state index in [1.54, 1.807) is 32.6 Å². The van der Waals surface area contributed by atoms with Crippen molar-refractivity contribution in [3.05, 3.63) is 24.3 Å². The summed E-state index contributed by atoms with van der Waals surface area (Å²) in [5.74, 6) is -0.0977. The summed E-state index contributed by atoms with van der Waals surface area (Å²) in [6.07, 6.45) is 1.26. The largest absolute Gasteiger partial charge is 0.450 e. The number of benzene rings is 1. The number of rotatable bonds is 9. The molecule has 0 spiro atoms. The Labute approximate surface area is 191 Å². The molecule has 1 heterocycles. The van der Waals surface area contributed by atoms with E-state index in [1.807, 2.05) is 24.3 Å². The average molecular weight is 469 g/mol. The zero-order valence-electron chi connectivity index (χ0n) is 19.5. The minimum atomic E-state index is -3.35. The van der Waals surface area contributed by atoms with Gasteiger partial charge in [-0.25, -0.2) is 17.9 Å². The topological polar surface area (TPSA) is 108 Å². The highest BCUT2D eigenvalue weighted by atomic mass is 32.2. The highest BCUT2D eigenvalue weighted by Crippen LogP contribution is 2.20. The lowest BCUT2D eigenvalue weighted by Gasteiger charge is -2.35. The van der Waals surface area contributed by atoms with Gasteiger partial charge in [0.1, 0.15) is 0 Å². The standard InChI is InChI=1S/C22H36N4O5S/c1-5-31-21(28)26-16-14-25(15-17-26)19-11-9-18(10-12-19)24-20(27)8-6-7-13-23-32(29,30)22(2,3)4/h9-12,23H,5-8,13-17H2,1-4H3,(H,24,27). The summed E-state index contributed by atoms with van der Waals surface area (Å²) in [6.45, 7) is 10.1. The van der Waals surface area contributed by atoms with E-state index in [-0.39, 0.29) is 12.0 Å². The fourth-order valence-corrected chi connectivity index (χ4v) is 4.02. The summed E-state index contributed by atoms with van der Waals surface area (Å²) in [5, 5.41) is 2.87. The van der Waals surface area contributed by atoms with E-state index in [9.17, 15) is 18.0 Å². The van der Waals surface area contributed by atoms with Gasteiger partial charge >= 0.3 is 6.09 Å². The Morgan fingerprint density at radius 1 is 1.03 bits per heavy atom. The molecule has 1 saturated heterocycles. The van der Waals surface area contributed by atoms with Gasteiger partial charge in [-0.1, -0.05) is 0 Å². The monoisotopic (exact) mass is 468 g/mol. The van der Waals surface area contributed by atoms with Crippen LogP contribution in [0.5, 0.6) is 0 Å². The van der Waals surface area contributed by atoms with Crippen molar-refractivity contribution in [2.45, 2.75) is 51.7 Å². The lowest BCUT2D eigenvalue weighted by atomic mass is 10.2. The van der Waals surface area contributed by atoms with Crippen molar-refractivity contribution in [2.24, 2.45) is 0 Å². The van der Waals surface area contributed by atoms with Crippen LogP contribution in [-0.2, 0) is 19.6 Å². The summed E-state index contributed by atoms with van der Waals surface area (Å²) in [7, 11) is -3.35. The first-order valence-electron chi connectivity index (χ1n) is 11.1. The van der Waals surface area contributed by atoms with E-state index >= 15 is 0 Å². The van der Waals surface area contributed by atoms with Gasteiger partial charge in [0, 0.05) is 50.5 Å². The number of piperazine rings is 1. The van der Waals surface area contributed by atoms with E-state index in [0.717, 1.165) is 24.5 Å². The fraction of sp³-hybridized carbons (Fsp3) is 0.636. The van der Waals surface area contributed by atoms with Gasteiger partial charge < -0.3 is 19.9 Å². The molecule has 2 N–H and O–H groups in total. The first-order valence-corrected chi connectivity index (χ1v) is 12.6. The second kappa shape index (κ2) is 11.5. The smallest absolute Gasteiger partial charge is 0.409 e. The van der Waals surface area contributed by atoms with E-state index in [0.29, 0.717) is 45.5 Å². The van der Waals surface area contributed by atoms with E-state index in [2.05, 4.69) is 14.9 Å². The SMILES string of the molecule is CCOC(=O)N1CCN(c2ccc(NC(=O)CCCCNS(=O)(=O)C(C)(C)C)cc2)CC1. The molecule has 1 aliphatic rings. The van der Waals surface area contributed by atoms with E-state index in [1.165, 1.54) is 0 Å². The summed E-state index contributed by atoms with van der Waals surface area (Å²) in [5.41, 5.74) is 1.76. The van der Waals surface area contributed by atoms with Crippen LogP contribution in [0.25, 0.3) is 0 Å². The number of unbranched alkanes of at least 4 members (excludes halogenated alkanes) is 1. The van der Waals surface area contributed by atoms with Crippen molar-refractivity contribution in [3.63, 3.8) is 0 Å². The van der Waals surface area contributed by atoms with Gasteiger partial charge in [0.15, 0.2) is 0 Å². The van der Waals surface area contributed by atoms with Crippen LogP contribution in [0.2, 0.25) is 0 Å². The number of hydrogen-bond donors (Lipinski definition) is 2. The van der Waals surface area contributed by atoms with Crippen LogP contribution in [0.4, 0.5) is 16.2 Å². The number of nitrogens with zero attached hydrogens (tertiary/aromatic N) is 2. The minimum Gasteiger partial charge on any atom is -0.450 e. The zero-order chi connectivity index (χ0) is 23.8. The number of amides is 2. The van der Waals surface area contributed by atoms with Crippen molar-refractivity contribution in [1.82, 2.24) is 9.62 Å². The van der Waals surface area contributed by atoms with Crippen LogP contribution in [0.3, 0.4) is 0 Å². The lowest BCUT2D eigenvalue weighted by Crippen LogP contribution is -2.49. The molecular weight excluding hydrogens is 432 g/mol. The molecule has 10 heteroatoms. The van der Waals surface area contributed by atoms with Gasteiger partial charge in [-0.15, -0.1) is 0 Å². The zero-order valence-corrected chi connectivity index (χ0v) is 20.3. The maximum atomic E-state index is 12.2. The number of carbonyl (C=O) groups excluding carboxylic acids is 2. The van der Waals surface area contributed by atoms with Gasteiger partial charge in [-0.05, 0) is 64.8 Å². The Morgan fingerprint density at radius 2 is 1.66 bits per heavy atom.